The molecule has 0 radical (unpaired) electrons. The first-order chi connectivity index (χ1) is 10.2. The van der Waals surface area contributed by atoms with Gasteiger partial charge in [-0.25, -0.2) is 0 Å². The van der Waals surface area contributed by atoms with Crippen molar-refractivity contribution >= 4 is 5.91 Å². The van der Waals surface area contributed by atoms with Crippen molar-refractivity contribution in [3.05, 3.63) is 59.5 Å². The first-order valence-electron chi connectivity index (χ1n) is 7.18. The van der Waals surface area contributed by atoms with Crippen LogP contribution in [0.15, 0.2) is 47.1 Å². The molecule has 4 heteroatoms. The molecule has 4 nitrogen and oxygen atoms in total. The Kier molecular flexibility index (Phi) is 5.58. The molecule has 0 aliphatic carbocycles. The third-order valence-corrected chi connectivity index (χ3v) is 3.35. The van der Waals surface area contributed by atoms with Crippen LogP contribution < -0.4 is 5.32 Å². The molecule has 1 heterocycles. The first-order valence-corrected chi connectivity index (χ1v) is 7.18. The molecule has 0 spiro atoms. The standard InChI is InChI=1S/C17H21NO3/c1-3-5-13-7-9-14(10-8-13)17(19)18-12-16(20-2)15-6-4-11-21-15/h4,6-11,16H,3,5,12H2,1-2H3,(H,18,19). The van der Waals surface area contributed by atoms with E-state index in [9.17, 15) is 4.79 Å². The summed E-state index contributed by atoms with van der Waals surface area (Å²) < 4.78 is 10.6. The Morgan fingerprint density at radius 3 is 2.62 bits per heavy atom. The van der Waals surface area contributed by atoms with Gasteiger partial charge in [-0.15, -0.1) is 0 Å². The van der Waals surface area contributed by atoms with Gasteiger partial charge in [0.1, 0.15) is 11.9 Å². The summed E-state index contributed by atoms with van der Waals surface area (Å²) in [4.78, 5) is 12.1. The van der Waals surface area contributed by atoms with Crippen LogP contribution in [0.4, 0.5) is 0 Å². The summed E-state index contributed by atoms with van der Waals surface area (Å²) in [6.45, 7) is 2.51. The average molecular weight is 287 g/mol. The van der Waals surface area contributed by atoms with E-state index in [1.807, 2.05) is 30.3 Å². The lowest BCUT2D eigenvalue weighted by molar-refractivity contribution is 0.0738. The maximum atomic E-state index is 12.1. The number of hydrogen-bond donors (Lipinski definition) is 1. The Morgan fingerprint density at radius 2 is 2.05 bits per heavy atom. The molecule has 1 unspecified atom stereocenters. The minimum Gasteiger partial charge on any atom is -0.467 e. The molecule has 2 rings (SSSR count). The van der Waals surface area contributed by atoms with E-state index in [-0.39, 0.29) is 12.0 Å². The molecule has 0 fully saturated rings. The van der Waals surface area contributed by atoms with Crippen LogP contribution in [0.3, 0.4) is 0 Å². The number of rotatable bonds is 7. The summed E-state index contributed by atoms with van der Waals surface area (Å²) in [6.07, 6.45) is 3.45. The summed E-state index contributed by atoms with van der Waals surface area (Å²) in [7, 11) is 1.60. The lowest BCUT2D eigenvalue weighted by atomic mass is 10.1. The number of aryl methyl sites for hydroxylation is 1. The van der Waals surface area contributed by atoms with Crippen LogP contribution >= 0.6 is 0 Å². The van der Waals surface area contributed by atoms with Crippen LogP contribution in [-0.4, -0.2) is 19.6 Å². The molecule has 21 heavy (non-hydrogen) atoms. The van der Waals surface area contributed by atoms with Gasteiger partial charge in [0.05, 0.1) is 12.8 Å². The summed E-state index contributed by atoms with van der Waals surface area (Å²) in [6, 6.07) is 11.3. The number of benzene rings is 1. The fourth-order valence-electron chi connectivity index (χ4n) is 2.17. The highest BCUT2D eigenvalue weighted by Gasteiger charge is 2.15. The average Bonchev–Trinajstić information content (AvgIpc) is 3.03. The van der Waals surface area contributed by atoms with Gasteiger partial charge in [-0.05, 0) is 36.2 Å². The summed E-state index contributed by atoms with van der Waals surface area (Å²) in [5.41, 5.74) is 1.91. The molecule has 112 valence electrons. The summed E-state index contributed by atoms with van der Waals surface area (Å²) >= 11 is 0. The van der Waals surface area contributed by atoms with Crippen LogP contribution in [0, 0.1) is 0 Å². The number of carbonyl (C=O) groups is 1. The van der Waals surface area contributed by atoms with Crippen molar-refractivity contribution < 1.29 is 13.9 Å². The van der Waals surface area contributed by atoms with E-state index < -0.39 is 0 Å². The Bertz CT molecular complexity index is 546. The van der Waals surface area contributed by atoms with Gasteiger partial charge in [-0.1, -0.05) is 25.5 Å². The highest BCUT2D eigenvalue weighted by molar-refractivity contribution is 5.94. The van der Waals surface area contributed by atoms with E-state index in [4.69, 9.17) is 9.15 Å². The van der Waals surface area contributed by atoms with Crippen molar-refractivity contribution in [2.75, 3.05) is 13.7 Å². The molecular formula is C17H21NO3. The number of ether oxygens (including phenoxy) is 1. The minimum atomic E-state index is -0.275. The van der Waals surface area contributed by atoms with Gasteiger partial charge in [0.2, 0.25) is 0 Å². The van der Waals surface area contributed by atoms with Gasteiger partial charge in [0, 0.05) is 12.7 Å². The molecule has 0 saturated carbocycles. The van der Waals surface area contributed by atoms with E-state index in [0.717, 1.165) is 12.8 Å². The molecule has 1 aromatic heterocycles. The first kappa shape index (κ1) is 15.3. The van der Waals surface area contributed by atoms with Crippen LogP contribution in [0.2, 0.25) is 0 Å². The molecule has 1 aromatic carbocycles. The Labute approximate surface area is 125 Å². The van der Waals surface area contributed by atoms with Gasteiger partial charge in [-0.2, -0.15) is 0 Å². The lowest BCUT2D eigenvalue weighted by Gasteiger charge is -2.13. The van der Waals surface area contributed by atoms with Gasteiger partial charge < -0.3 is 14.5 Å². The summed E-state index contributed by atoms with van der Waals surface area (Å²) in [5, 5.41) is 2.87. The predicted molar refractivity (Wildman–Crippen MR) is 81.2 cm³/mol. The van der Waals surface area contributed by atoms with Crippen molar-refractivity contribution in [3.8, 4) is 0 Å². The SMILES string of the molecule is CCCc1ccc(C(=O)NCC(OC)c2ccco2)cc1. The largest absolute Gasteiger partial charge is 0.467 e. The van der Waals surface area contributed by atoms with Crippen LogP contribution in [0.25, 0.3) is 0 Å². The maximum absolute atomic E-state index is 12.1. The Morgan fingerprint density at radius 1 is 1.29 bits per heavy atom. The van der Waals surface area contributed by atoms with Gasteiger partial charge in [-0.3, -0.25) is 4.79 Å². The smallest absolute Gasteiger partial charge is 0.251 e. The topological polar surface area (TPSA) is 51.5 Å². The summed E-state index contributed by atoms with van der Waals surface area (Å²) in [5.74, 6) is 0.600. The second kappa shape index (κ2) is 7.64. The monoisotopic (exact) mass is 287 g/mol. The fourth-order valence-corrected chi connectivity index (χ4v) is 2.17. The maximum Gasteiger partial charge on any atom is 0.251 e. The van der Waals surface area contributed by atoms with Crippen molar-refractivity contribution in [2.24, 2.45) is 0 Å². The molecule has 0 aliphatic rings. The second-order valence-electron chi connectivity index (χ2n) is 4.90. The molecule has 0 saturated heterocycles. The van der Waals surface area contributed by atoms with E-state index in [2.05, 4.69) is 12.2 Å². The van der Waals surface area contributed by atoms with Crippen LogP contribution in [0.1, 0.15) is 41.1 Å². The lowest BCUT2D eigenvalue weighted by Crippen LogP contribution is -2.29. The minimum absolute atomic E-state index is 0.105. The van der Waals surface area contributed by atoms with Crippen LogP contribution in [-0.2, 0) is 11.2 Å². The number of carbonyl (C=O) groups excluding carboxylic acids is 1. The number of hydrogen-bond acceptors (Lipinski definition) is 3. The Balaban J connectivity index is 1.91. The molecule has 0 aliphatic heterocycles. The zero-order chi connectivity index (χ0) is 15.1. The highest BCUT2D eigenvalue weighted by atomic mass is 16.5. The molecule has 1 atom stereocenters. The van der Waals surface area contributed by atoms with Crippen molar-refractivity contribution in [1.82, 2.24) is 5.32 Å². The predicted octanol–water partition coefficient (Wildman–Crippen LogP) is 3.35. The molecule has 0 bridgehead atoms. The van der Waals surface area contributed by atoms with Crippen molar-refractivity contribution in [1.29, 1.82) is 0 Å². The Hall–Kier alpha value is -2.07. The van der Waals surface area contributed by atoms with E-state index >= 15 is 0 Å². The second-order valence-corrected chi connectivity index (χ2v) is 4.90. The molecular weight excluding hydrogens is 266 g/mol. The van der Waals surface area contributed by atoms with Crippen LogP contribution in [0.5, 0.6) is 0 Å². The number of furan rings is 1. The van der Waals surface area contributed by atoms with Gasteiger partial charge in [0.25, 0.3) is 5.91 Å². The zero-order valence-corrected chi connectivity index (χ0v) is 12.5. The third kappa shape index (κ3) is 4.20. The number of methoxy groups -OCH3 is 1. The van der Waals surface area contributed by atoms with Crippen molar-refractivity contribution in [2.45, 2.75) is 25.9 Å². The van der Waals surface area contributed by atoms with Gasteiger partial charge in [0.15, 0.2) is 0 Å². The zero-order valence-electron chi connectivity index (χ0n) is 12.5. The number of amides is 1. The quantitative estimate of drug-likeness (QED) is 0.849. The molecule has 2 aromatic rings. The normalized spacial score (nSPS) is 12.1. The van der Waals surface area contributed by atoms with Crippen molar-refractivity contribution in [3.63, 3.8) is 0 Å². The fraction of sp³-hybridized carbons (Fsp3) is 0.353. The van der Waals surface area contributed by atoms with Gasteiger partial charge >= 0.3 is 0 Å². The number of nitrogens with one attached hydrogen (secondary N) is 1. The molecule has 1 N–H and O–H groups in total. The van der Waals surface area contributed by atoms with E-state index in [0.29, 0.717) is 17.9 Å². The highest BCUT2D eigenvalue weighted by Crippen LogP contribution is 2.16. The molecule has 1 amide bonds. The van der Waals surface area contributed by atoms with E-state index in [1.165, 1.54) is 5.56 Å². The third-order valence-electron chi connectivity index (χ3n) is 3.35. The van der Waals surface area contributed by atoms with E-state index in [1.54, 1.807) is 19.4 Å².